The van der Waals surface area contributed by atoms with Gasteiger partial charge < -0.3 is 33.5 Å². The number of esters is 1. The second-order valence-electron chi connectivity index (χ2n) is 22.5. The van der Waals surface area contributed by atoms with Gasteiger partial charge in [-0.2, -0.15) is 19.4 Å². The molecule has 0 radical (unpaired) electrons. The van der Waals surface area contributed by atoms with Crippen molar-refractivity contribution in [3.63, 3.8) is 0 Å². The number of para-hydroxylation sites is 1. The summed E-state index contributed by atoms with van der Waals surface area (Å²) in [4.78, 5) is 27.5. The molecule has 466 valence electrons. The van der Waals surface area contributed by atoms with Crippen LogP contribution in [0.3, 0.4) is 0 Å². The van der Waals surface area contributed by atoms with Crippen molar-refractivity contribution in [2.45, 2.75) is 120 Å². The third kappa shape index (κ3) is 14.6. The van der Waals surface area contributed by atoms with Gasteiger partial charge in [-0.15, -0.1) is 6.42 Å². The summed E-state index contributed by atoms with van der Waals surface area (Å²) in [5.74, 6) is 3.79. The molecule has 1 saturated heterocycles. The summed E-state index contributed by atoms with van der Waals surface area (Å²) in [6, 6.07) is 61.5. The zero-order valence-electron chi connectivity index (χ0n) is 51.4. The van der Waals surface area contributed by atoms with Gasteiger partial charge in [0.2, 0.25) is 0 Å². The Labute approximate surface area is 527 Å². The third-order valence-corrected chi connectivity index (χ3v) is 18.1. The van der Waals surface area contributed by atoms with Gasteiger partial charge in [-0.25, -0.2) is 9.55 Å². The van der Waals surface area contributed by atoms with E-state index in [1.54, 1.807) is 49.1 Å². The molecule has 1 fully saturated rings. The maximum Gasteiger partial charge on any atom is 0.459 e. The zero-order valence-corrected chi connectivity index (χ0v) is 52.3. The standard InChI is InChI=1S/C73H78FN6O9P/c1-6-8-9-10-11-12-13-14-15-31-50-85-69(81)54(3)79-90(82,89-63-40-29-20-30-41-63)86-52-71(7-2)64(87-73(58-36-25-18-26-37-58,59-38-27-19-28-39-59)60-44-48-62(84-5)49-45-60)51-65(88-71)80-53-75-66-67(76-70(74)77-68(66)80)78-72(55-32-21-16-22-33-55,56-34-23-17-24-35-56)57-42-46-61(83-4)47-43-57/h2,16-30,32-49,53-54,64-65H,6,8-15,31,50-52H2,1,3-5H3,(H,79,82)(H,76,77,78)/t54-,64-,65+,71+,90?/m0/s1. The Hall–Kier alpha value is -8.68. The second-order valence-corrected chi connectivity index (χ2v) is 24.2. The summed E-state index contributed by atoms with van der Waals surface area (Å²) < 4.78 is 78.6. The van der Waals surface area contributed by atoms with Gasteiger partial charge in [0.05, 0.1) is 27.2 Å². The number of rotatable bonds is 32. The Balaban J connectivity index is 1.04. The van der Waals surface area contributed by atoms with Crippen LogP contribution in [0.2, 0.25) is 0 Å². The Morgan fingerprint density at radius 1 is 0.678 bits per heavy atom. The Kier molecular flexibility index (Phi) is 21.6. The van der Waals surface area contributed by atoms with Gasteiger partial charge in [0, 0.05) is 6.42 Å². The van der Waals surface area contributed by atoms with Gasteiger partial charge in [-0.1, -0.05) is 234 Å². The van der Waals surface area contributed by atoms with Crippen LogP contribution in [0, 0.1) is 18.4 Å². The Morgan fingerprint density at radius 2 is 1.16 bits per heavy atom. The minimum atomic E-state index is -4.62. The minimum Gasteiger partial charge on any atom is -0.497 e. The number of nitrogens with zero attached hydrogens (tertiary/aromatic N) is 4. The molecule has 0 spiro atoms. The minimum absolute atomic E-state index is 0.0340. The van der Waals surface area contributed by atoms with Crippen molar-refractivity contribution in [1.82, 2.24) is 24.6 Å². The van der Waals surface area contributed by atoms with Gasteiger partial charge in [-0.05, 0) is 83.1 Å². The molecule has 3 heterocycles. The van der Waals surface area contributed by atoms with E-state index in [4.69, 9.17) is 44.1 Å². The lowest BCUT2D eigenvalue weighted by Gasteiger charge is -2.41. The lowest BCUT2D eigenvalue weighted by atomic mass is 9.77. The molecule has 15 nitrogen and oxygen atoms in total. The predicted octanol–water partition coefficient (Wildman–Crippen LogP) is 15.7. The molecule has 17 heteroatoms. The number of carbonyl (C=O) groups excluding carboxylic acids is 1. The molecule has 9 aromatic rings. The van der Waals surface area contributed by atoms with Gasteiger partial charge in [0.15, 0.2) is 22.6 Å². The molecule has 1 aliphatic heterocycles. The van der Waals surface area contributed by atoms with Crippen LogP contribution in [0.25, 0.3) is 11.2 Å². The molecular weight excluding hydrogens is 1150 g/mol. The first-order valence-corrected chi connectivity index (χ1v) is 32.5. The number of ether oxygens (including phenoxy) is 5. The van der Waals surface area contributed by atoms with Crippen LogP contribution in [-0.2, 0) is 39.2 Å². The molecule has 0 aliphatic carbocycles. The molecule has 10 rings (SSSR count). The van der Waals surface area contributed by atoms with E-state index in [0.29, 0.717) is 23.5 Å². The number of terminal acetylenes is 1. The van der Waals surface area contributed by atoms with E-state index in [0.717, 1.165) is 47.1 Å². The SMILES string of the molecule is C#C[C@]1(COP(=O)(N[C@@H](C)C(=O)OCCCCCCCCCCCC)Oc2ccccc2)O[C@@H](n2cnc3c(NC(c4ccccc4)(c4ccccc4)c4ccc(OC)cc4)nc(F)nc32)C[C@@H]1OC(c1ccccc1)(c1ccccc1)c1ccc(OC)cc1. The maximum absolute atomic E-state index is 16.7. The number of hydrogen-bond donors (Lipinski definition) is 2. The molecule has 7 aromatic carbocycles. The highest BCUT2D eigenvalue weighted by molar-refractivity contribution is 7.52. The third-order valence-electron chi connectivity index (χ3n) is 16.5. The van der Waals surface area contributed by atoms with E-state index in [1.807, 2.05) is 170 Å². The van der Waals surface area contributed by atoms with Gasteiger partial charge >= 0.3 is 19.8 Å². The monoisotopic (exact) mass is 1230 g/mol. The summed E-state index contributed by atoms with van der Waals surface area (Å²) in [5, 5.41) is 6.54. The molecule has 90 heavy (non-hydrogen) atoms. The van der Waals surface area contributed by atoms with Crippen molar-refractivity contribution < 1.29 is 46.5 Å². The number of hydrogen-bond acceptors (Lipinski definition) is 13. The molecule has 0 saturated carbocycles. The summed E-state index contributed by atoms with van der Waals surface area (Å²) >= 11 is 0. The smallest absolute Gasteiger partial charge is 0.459 e. The van der Waals surface area contributed by atoms with Crippen LogP contribution >= 0.6 is 7.75 Å². The van der Waals surface area contributed by atoms with Crippen molar-refractivity contribution in [2.24, 2.45) is 0 Å². The van der Waals surface area contributed by atoms with Crippen LogP contribution in [-0.4, -0.2) is 70.7 Å². The van der Waals surface area contributed by atoms with Crippen molar-refractivity contribution in [2.75, 3.05) is 32.8 Å². The number of aromatic nitrogens is 4. The first-order chi connectivity index (χ1) is 44.0. The number of halogens is 1. The lowest BCUT2D eigenvalue weighted by molar-refractivity contribution is -0.145. The van der Waals surface area contributed by atoms with Crippen molar-refractivity contribution in [3.05, 3.63) is 246 Å². The molecule has 2 aromatic heterocycles. The van der Waals surface area contributed by atoms with E-state index in [-0.39, 0.29) is 35.8 Å². The van der Waals surface area contributed by atoms with Crippen LogP contribution < -0.4 is 24.4 Å². The van der Waals surface area contributed by atoms with Crippen molar-refractivity contribution in [3.8, 4) is 29.6 Å². The summed E-state index contributed by atoms with van der Waals surface area (Å²) in [6.07, 6.45) is 16.2. The molecule has 1 aliphatic rings. The summed E-state index contributed by atoms with van der Waals surface area (Å²) in [5.41, 5.74) is 0.305. The molecular formula is C73H78FN6O9P. The largest absolute Gasteiger partial charge is 0.497 e. The number of benzene rings is 7. The number of nitrogens with one attached hydrogen (secondary N) is 2. The lowest BCUT2D eigenvalue weighted by Crippen LogP contribution is -2.49. The van der Waals surface area contributed by atoms with Crippen LogP contribution in [0.4, 0.5) is 10.2 Å². The molecule has 0 amide bonds. The maximum atomic E-state index is 16.7. The van der Waals surface area contributed by atoms with Crippen molar-refractivity contribution in [1.29, 1.82) is 0 Å². The molecule has 2 N–H and O–H groups in total. The highest BCUT2D eigenvalue weighted by Gasteiger charge is 2.56. The highest BCUT2D eigenvalue weighted by atomic mass is 31.2. The van der Waals surface area contributed by atoms with E-state index < -0.39 is 61.5 Å². The Bertz CT molecular complexity index is 3730. The number of imidazole rings is 1. The zero-order chi connectivity index (χ0) is 62.8. The van der Waals surface area contributed by atoms with E-state index in [1.165, 1.54) is 51.8 Å². The predicted molar refractivity (Wildman–Crippen MR) is 348 cm³/mol. The number of unbranched alkanes of at least 4 members (excludes halogenated alkanes) is 9. The van der Waals surface area contributed by atoms with Crippen LogP contribution in [0.15, 0.2) is 207 Å². The average Bonchev–Trinajstić information content (AvgIpc) is 1.27. The van der Waals surface area contributed by atoms with Crippen LogP contribution in [0.5, 0.6) is 17.2 Å². The molecule has 0 bridgehead atoms. The van der Waals surface area contributed by atoms with Gasteiger partial charge in [0.25, 0.3) is 0 Å². The summed E-state index contributed by atoms with van der Waals surface area (Å²) in [7, 11) is -1.42. The average molecular weight is 1230 g/mol. The Morgan fingerprint density at radius 3 is 1.68 bits per heavy atom. The number of fused-ring (bicyclic) bond motifs is 1. The van der Waals surface area contributed by atoms with Crippen LogP contribution in [0.1, 0.15) is 124 Å². The summed E-state index contributed by atoms with van der Waals surface area (Å²) in [6.45, 7) is 3.32. The molecule has 5 atom stereocenters. The number of anilines is 1. The first kappa shape index (κ1) is 64.3. The topological polar surface area (TPSA) is 166 Å². The highest BCUT2D eigenvalue weighted by Crippen LogP contribution is 2.52. The fraction of sp³-hybridized carbons (Fsp3) is 0.315. The molecule has 1 unspecified atom stereocenters. The van der Waals surface area contributed by atoms with Gasteiger partial charge in [-0.3, -0.25) is 13.9 Å². The van der Waals surface area contributed by atoms with Crippen molar-refractivity contribution >= 4 is 30.7 Å². The van der Waals surface area contributed by atoms with E-state index >= 15 is 8.96 Å². The van der Waals surface area contributed by atoms with E-state index in [2.05, 4.69) is 33.2 Å². The quantitative estimate of drug-likeness (QED) is 0.0102. The fourth-order valence-corrected chi connectivity index (χ4v) is 13.3. The second kappa shape index (κ2) is 30.2. The number of methoxy groups -OCH3 is 2. The number of carbonyl (C=O) groups is 1. The fourth-order valence-electron chi connectivity index (χ4n) is 11.8. The van der Waals surface area contributed by atoms with E-state index in [9.17, 15) is 4.79 Å². The normalized spacial score (nSPS) is 16.8. The van der Waals surface area contributed by atoms with Gasteiger partial charge in [0.1, 0.15) is 53.4 Å². The first-order valence-electron chi connectivity index (χ1n) is 30.9.